The third kappa shape index (κ3) is 4.52. The van der Waals surface area contributed by atoms with Crippen LogP contribution in [0.1, 0.15) is 56.3 Å². The van der Waals surface area contributed by atoms with Gasteiger partial charge in [0.25, 0.3) is 0 Å². The summed E-state index contributed by atoms with van der Waals surface area (Å²) in [5.74, 6) is 0.766. The predicted molar refractivity (Wildman–Crippen MR) is 106 cm³/mol. The summed E-state index contributed by atoms with van der Waals surface area (Å²) in [7, 11) is 0. The summed E-state index contributed by atoms with van der Waals surface area (Å²) in [5, 5.41) is 19.4. The molecule has 1 aliphatic rings. The van der Waals surface area contributed by atoms with Crippen molar-refractivity contribution in [1.29, 1.82) is 0 Å². The smallest absolute Gasteiger partial charge is 0.352 e. The van der Waals surface area contributed by atoms with Crippen molar-refractivity contribution in [3.8, 4) is 5.88 Å². The molecule has 3 rings (SSSR count). The zero-order valence-corrected chi connectivity index (χ0v) is 17.1. The first-order chi connectivity index (χ1) is 13.4. The number of anilines is 1. The second kappa shape index (κ2) is 8.72. The van der Waals surface area contributed by atoms with Crippen LogP contribution in [0.2, 0.25) is 5.28 Å². The van der Waals surface area contributed by atoms with Gasteiger partial charge in [0, 0.05) is 24.2 Å². The summed E-state index contributed by atoms with van der Waals surface area (Å²) in [6.45, 7) is 5.91. The molecule has 1 aliphatic carbocycles. The molecule has 0 saturated heterocycles. The van der Waals surface area contributed by atoms with Crippen molar-refractivity contribution < 1.29 is 9.66 Å². The molecule has 0 amide bonds. The van der Waals surface area contributed by atoms with Crippen molar-refractivity contribution in [3.63, 3.8) is 0 Å². The van der Waals surface area contributed by atoms with Crippen molar-refractivity contribution in [2.75, 3.05) is 11.9 Å². The van der Waals surface area contributed by atoms with Crippen LogP contribution in [0.4, 0.5) is 11.5 Å². The van der Waals surface area contributed by atoms with Gasteiger partial charge in [-0.15, -0.1) is 5.10 Å². The highest BCUT2D eigenvalue weighted by molar-refractivity contribution is 6.28. The van der Waals surface area contributed by atoms with E-state index in [9.17, 15) is 10.1 Å². The van der Waals surface area contributed by atoms with Gasteiger partial charge in [-0.2, -0.15) is 0 Å². The van der Waals surface area contributed by atoms with E-state index >= 15 is 0 Å². The van der Waals surface area contributed by atoms with Gasteiger partial charge in [0.05, 0.1) is 17.6 Å². The minimum absolute atomic E-state index is 0.0294. The van der Waals surface area contributed by atoms with Gasteiger partial charge in [0.15, 0.2) is 0 Å². The molecule has 1 atom stereocenters. The Hall–Kier alpha value is -2.42. The molecule has 2 aromatic heterocycles. The molecule has 1 saturated carbocycles. The Bertz CT molecular complexity index is 850. The van der Waals surface area contributed by atoms with Crippen molar-refractivity contribution >= 4 is 23.1 Å². The molecule has 1 fully saturated rings. The molecule has 0 spiro atoms. The van der Waals surface area contributed by atoms with E-state index in [1.807, 2.05) is 13.8 Å². The third-order valence-corrected chi connectivity index (χ3v) is 5.24. The fourth-order valence-electron chi connectivity index (χ4n) is 3.50. The van der Waals surface area contributed by atoms with Crippen LogP contribution in [0, 0.1) is 24.0 Å². The number of hydrogen-bond donors (Lipinski definition) is 1. The standard InChI is InChI=1S/C18H25ClN6O3/c1-11-10-20-18(19)22-16(11)21-12(2)8-9-28-17-15(25(26)27)13(3)24(23-17)14-6-4-5-7-14/h10,12,14H,4-9H2,1-3H3,(H,20,21,22). The van der Waals surface area contributed by atoms with E-state index in [4.69, 9.17) is 16.3 Å². The first-order valence-corrected chi connectivity index (χ1v) is 9.86. The molecule has 2 heterocycles. The molecule has 0 aliphatic heterocycles. The number of rotatable bonds is 8. The molecule has 0 bridgehead atoms. The van der Waals surface area contributed by atoms with E-state index in [1.54, 1.807) is 17.8 Å². The van der Waals surface area contributed by atoms with Crippen LogP contribution in [0.5, 0.6) is 5.88 Å². The first-order valence-electron chi connectivity index (χ1n) is 9.48. The van der Waals surface area contributed by atoms with Gasteiger partial charge in [-0.25, -0.2) is 9.97 Å². The van der Waals surface area contributed by atoms with Gasteiger partial charge >= 0.3 is 11.6 Å². The molecule has 152 valence electrons. The molecule has 1 unspecified atom stereocenters. The fourth-order valence-corrected chi connectivity index (χ4v) is 3.63. The number of aryl methyl sites for hydroxylation is 1. The van der Waals surface area contributed by atoms with Crippen molar-refractivity contribution in [2.24, 2.45) is 0 Å². The molecular weight excluding hydrogens is 384 g/mol. The topological polar surface area (TPSA) is 108 Å². The van der Waals surface area contributed by atoms with E-state index in [1.165, 1.54) is 0 Å². The van der Waals surface area contributed by atoms with E-state index in [0.717, 1.165) is 31.2 Å². The Morgan fingerprint density at radius 1 is 1.43 bits per heavy atom. The molecule has 10 heteroatoms. The van der Waals surface area contributed by atoms with Gasteiger partial charge in [0.1, 0.15) is 11.5 Å². The van der Waals surface area contributed by atoms with Gasteiger partial charge in [-0.05, 0) is 45.2 Å². The van der Waals surface area contributed by atoms with Gasteiger partial charge in [-0.3, -0.25) is 14.8 Å². The summed E-state index contributed by atoms with van der Waals surface area (Å²) < 4.78 is 7.48. The van der Waals surface area contributed by atoms with Crippen molar-refractivity contribution in [1.82, 2.24) is 19.7 Å². The average molecular weight is 409 g/mol. The van der Waals surface area contributed by atoms with Crippen molar-refractivity contribution in [3.05, 3.63) is 32.9 Å². The Balaban J connectivity index is 1.63. The quantitative estimate of drug-likeness (QED) is 0.395. The number of hydrogen-bond acceptors (Lipinski definition) is 7. The third-order valence-electron chi connectivity index (χ3n) is 5.06. The summed E-state index contributed by atoms with van der Waals surface area (Å²) in [4.78, 5) is 19.2. The minimum atomic E-state index is -0.406. The molecule has 1 N–H and O–H groups in total. The van der Waals surface area contributed by atoms with E-state index < -0.39 is 4.92 Å². The van der Waals surface area contributed by atoms with E-state index in [-0.39, 0.29) is 28.9 Å². The van der Waals surface area contributed by atoms with Crippen LogP contribution < -0.4 is 10.1 Å². The summed E-state index contributed by atoms with van der Waals surface area (Å²) in [6, 6.07) is 0.254. The number of ether oxygens (including phenoxy) is 1. The zero-order valence-electron chi connectivity index (χ0n) is 16.3. The number of halogens is 1. The van der Waals surface area contributed by atoms with Gasteiger partial charge < -0.3 is 10.1 Å². The Labute approximate surface area is 168 Å². The highest BCUT2D eigenvalue weighted by Gasteiger charge is 2.30. The lowest BCUT2D eigenvalue weighted by atomic mass is 10.2. The maximum absolute atomic E-state index is 11.5. The largest absolute Gasteiger partial charge is 0.472 e. The summed E-state index contributed by atoms with van der Waals surface area (Å²) >= 11 is 5.84. The first kappa shape index (κ1) is 20.3. The molecule has 28 heavy (non-hydrogen) atoms. The lowest BCUT2D eigenvalue weighted by Crippen LogP contribution is -2.20. The number of nitrogens with one attached hydrogen (secondary N) is 1. The molecule has 0 aromatic carbocycles. The van der Waals surface area contributed by atoms with Crippen molar-refractivity contribution in [2.45, 2.75) is 65.0 Å². The van der Waals surface area contributed by atoms with Crippen LogP contribution >= 0.6 is 11.6 Å². The summed E-state index contributed by atoms with van der Waals surface area (Å²) in [5.41, 5.74) is 1.41. The monoisotopic (exact) mass is 408 g/mol. The predicted octanol–water partition coefficient (Wildman–Crippen LogP) is 4.24. The second-order valence-corrected chi connectivity index (χ2v) is 7.57. The van der Waals surface area contributed by atoms with Gasteiger partial charge in [-0.1, -0.05) is 12.8 Å². The number of nitrogens with zero attached hydrogens (tertiary/aromatic N) is 5. The van der Waals surface area contributed by atoms with Crippen LogP contribution in [-0.2, 0) is 0 Å². The Kier molecular flexibility index (Phi) is 6.33. The Morgan fingerprint density at radius 2 is 2.14 bits per heavy atom. The minimum Gasteiger partial charge on any atom is -0.472 e. The highest BCUT2D eigenvalue weighted by Crippen LogP contribution is 2.36. The molecular formula is C18H25ClN6O3. The zero-order chi connectivity index (χ0) is 20.3. The number of aromatic nitrogens is 4. The van der Waals surface area contributed by atoms with E-state index in [0.29, 0.717) is 24.5 Å². The lowest BCUT2D eigenvalue weighted by molar-refractivity contribution is -0.386. The molecule has 2 aromatic rings. The molecule has 9 nitrogen and oxygen atoms in total. The van der Waals surface area contributed by atoms with Crippen LogP contribution in [0.3, 0.4) is 0 Å². The SMILES string of the molecule is Cc1cnc(Cl)nc1NC(C)CCOc1nn(C2CCCC2)c(C)c1[N+](=O)[O-]. The Morgan fingerprint density at radius 3 is 2.82 bits per heavy atom. The van der Waals surface area contributed by atoms with E-state index in [2.05, 4.69) is 20.4 Å². The molecule has 0 radical (unpaired) electrons. The van der Waals surface area contributed by atoms with Crippen LogP contribution in [0.25, 0.3) is 0 Å². The maximum Gasteiger partial charge on any atom is 0.352 e. The van der Waals surface area contributed by atoms with Gasteiger partial charge in [0.2, 0.25) is 5.28 Å². The maximum atomic E-state index is 11.5. The lowest BCUT2D eigenvalue weighted by Gasteiger charge is -2.15. The van der Waals surface area contributed by atoms with Crippen LogP contribution in [0.15, 0.2) is 6.20 Å². The number of nitro groups is 1. The average Bonchev–Trinajstić information content (AvgIpc) is 3.26. The van der Waals surface area contributed by atoms with Crippen LogP contribution in [-0.4, -0.2) is 37.3 Å². The second-order valence-electron chi connectivity index (χ2n) is 7.23. The normalized spacial score (nSPS) is 15.6. The highest BCUT2D eigenvalue weighted by atomic mass is 35.5. The fraction of sp³-hybridized carbons (Fsp3) is 0.611. The summed E-state index contributed by atoms with van der Waals surface area (Å²) in [6.07, 6.45) is 6.53.